The highest BCUT2D eigenvalue weighted by Gasteiger charge is 2.49. The van der Waals surface area contributed by atoms with Crippen LogP contribution in [0.25, 0.3) is 0 Å². The minimum absolute atomic E-state index is 0.233. The van der Waals surface area contributed by atoms with E-state index in [1.54, 1.807) is 0 Å². The summed E-state index contributed by atoms with van der Waals surface area (Å²) in [5.74, 6) is 0.947. The zero-order valence-corrected chi connectivity index (χ0v) is 17.4. The molecule has 5 aliphatic rings. The summed E-state index contributed by atoms with van der Waals surface area (Å²) in [5.41, 5.74) is 3.65. The van der Waals surface area contributed by atoms with Crippen LogP contribution in [-0.2, 0) is 4.74 Å². The first-order valence-electron chi connectivity index (χ1n) is 11.7. The van der Waals surface area contributed by atoms with Crippen LogP contribution in [-0.4, -0.2) is 91.3 Å². The van der Waals surface area contributed by atoms with Crippen LogP contribution in [0.1, 0.15) is 45.4 Å². The van der Waals surface area contributed by atoms with Crippen LogP contribution in [0, 0.1) is 11.8 Å². The minimum atomic E-state index is -0.645. The number of nitrogens with zero attached hydrogens (tertiary/aromatic N) is 3. The van der Waals surface area contributed by atoms with Crippen LogP contribution in [0.15, 0.2) is 0 Å². The third-order valence-electron chi connectivity index (χ3n) is 8.02. The van der Waals surface area contributed by atoms with Crippen LogP contribution in [0.5, 0.6) is 0 Å². The number of hydrogen-bond acceptors (Lipinski definition) is 6. The molecule has 0 amide bonds. The lowest BCUT2D eigenvalue weighted by Crippen LogP contribution is -2.65. The van der Waals surface area contributed by atoms with Gasteiger partial charge in [0.15, 0.2) is 0 Å². The van der Waals surface area contributed by atoms with Crippen LogP contribution in [0.3, 0.4) is 0 Å². The van der Waals surface area contributed by atoms with Crippen molar-refractivity contribution in [2.45, 2.75) is 76.1 Å². The Morgan fingerprint density at radius 3 is 2.93 bits per heavy atom. The first kappa shape index (κ1) is 19.6. The number of halogens is 1. The Balaban J connectivity index is 1.45. The second-order valence-corrected chi connectivity index (χ2v) is 9.46. The smallest absolute Gasteiger partial charge is 0.101 e. The third kappa shape index (κ3) is 3.52. The molecule has 6 unspecified atom stereocenters. The maximum atomic E-state index is 14.4. The fraction of sp³-hybridized carbons (Fsp3) is 1.00. The molecule has 160 valence electrons. The van der Waals surface area contributed by atoms with E-state index in [9.17, 15) is 4.39 Å². The van der Waals surface area contributed by atoms with E-state index < -0.39 is 6.17 Å². The van der Waals surface area contributed by atoms with Gasteiger partial charge in [-0.15, -0.1) is 0 Å². The largest absolute Gasteiger partial charge is 0.377 e. The van der Waals surface area contributed by atoms with E-state index in [-0.39, 0.29) is 6.10 Å². The maximum absolute atomic E-state index is 14.4. The first-order chi connectivity index (χ1) is 13.8. The Bertz CT molecular complexity index is 539. The molecule has 0 spiro atoms. The molecule has 4 heterocycles. The molecule has 1 aliphatic carbocycles. The Kier molecular flexibility index (Phi) is 5.92. The van der Waals surface area contributed by atoms with E-state index in [4.69, 9.17) is 4.74 Å². The van der Waals surface area contributed by atoms with Crippen molar-refractivity contribution in [3.8, 4) is 0 Å². The van der Waals surface area contributed by atoms with E-state index >= 15 is 0 Å². The molecule has 4 saturated heterocycles. The van der Waals surface area contributed by atoms with Gasteiger partial charge in [-0.05, 0) is 45.1 Å². The van der Waals surface area contributed by atoms with Crippen LogP contribution in [0.2, 0.25) is 0 Å². The highest BCUT2D eigenvalue weighted by molar-refractivity contribution is 4.99. The molecule has 28 heavy (non-hydrogen) atoms. The van der Waals surface area contributed by atoms with Crippen LogP contribution in [0.4, 0.5) is 4.39 Å². The molecular weight excluding hydrogens is 357 g/mol. The number of alkyl halides is 1. The Labute approximate surface area is 169 Å². The molecule has 5 fully saturated rings. The van der Waals surface area contributed by atoms with Gasteiger partial charge in [0.1, 0.15) is 6.17 Å². The molecule has 2 bridgehead atoms. The normalized spacial score (nSPS) is 46.3. The molecular formula is C21H38FN5O. The van der Waals surface area contributed by atoms with Crippen LogP contribution >= 0.6 is 0 Å². The van der Waals surface area contributed by atoms with Crippen molar-refractivity contribution >= 4 is 0 Å². The van der Waals surface area contributed by atoms with E-state index in [1.807, 2.05) is 0 Å². The molecule has 1 saturated carbocycles. The van der Waals surface area contributed by atoms with Crippen molar-refractivity contribution in [3.05, 3.63) is 0 Å². The molecule has 7 atom stereocenters. The molecule has 6 nitrogen and oxygen atoms in total. The van der Waals surface area contributed by atoms with Crippen LogP contribution < -0.4 is 10.7 Å². The molecule has 0 aromatic heterocycles. The molecule has 2 N–H and O–H groups in total. The van der Waals surface area contributed by atoms with Gasteiger partial charge in [-0.25, -0.2) is 9.40 Å². The summed E-state index contributed by atoms with van der Waals surface area (Å²) in [6.07, 6.45) is 6.43. The van der Waals surface area contributed by atoms with Crippen molar-refractivity contribution in [1.82, 2.24) is 25.6 Å². The van der Waals surface area contributed by atoms with Gasteiger partial charge in [0.05, 0.1) is 25.0 Å². The molecule has 7 heteroatoms. The number of rotatable bonds is 1. The highest BCUT2D eigenvalue weighted by atomic mass is 19.1. The topological polar surface area (TPSA) is 43.0 Å². The predicted molar refractivity (Wildman–Crippen MR) is 107 cm³/mol. The van der Waals surface area contributed by atoms with E-state index in [1.165, 1.54) is 19.3 Å². The third-order valence-corrected chi connectivity index (χ3v) is 8.02. The Morgan fingerprint density at radius 2 is 2.04 bits per heavy atom. The Morgan fingerprint density at radius 1 is 1.11 bits per heavy atom. The maximum Gasteiger partial charge on any atom is 0.101 e. The lowest BCUT2D eigenvalue weighted by molar-refractivity contribution is -0.118. The van der Waals surface area contributed by atoms with Crippen molar-refractivity contribution in [3.63, 3.8) is 0 Å². The SMILES string of the molecule is CCN1C2C3CNCCOC4CCC(F)CC4[C@H]4CCCN4C1CCN2NC3. The van der Waals surface area contributed by atoms with Gasteiger partial charge >= 0.3 is 0 Å². The summed E-state index contributed by atoms with van der Waals surface area (Å²) in [4.78, 5) is 5.50. The zero-order chi connectivity index (χ0) is 19.1. The van der Waals surface area contributed by atoms with Crippen molar-refractivity contribution in [2.24, 2.45) is 11.8 Å². The zero-order valence-electron chi connectivity index (χ0n) is 17.4. The van der Waals surface area contributed by atoms with Gasteiger partial charge in [-0.1, -0.05) is 6.92 Å². The lowest BCUT2D eigenvalue weighted by atomic mass is 9.79. The summed E-state index contributed by atoms with van der Waals surface area (Å²) < 4.78 is 20.8. The summed E-state index contributed by atoms with van der Waals surface area (Å²) in [6.45, 7) is 9.40. The first-order valence-corrected chi connectivity index (χ1v) is 11.7. The summed E-state index contributed by atoms with van der Waals surface area (Å²) in [5, 5.41) is 6.13. The average molecular weight is 396 g/mol. The average Bonchev–Trinajstić information content (AvgIpc) is 3.34. The van der Waals surface area contributed by atoms with Gasteiger partial charge in [0.25, 0.3) is 0 Å². The van der Waals surface area contributed by atoms with E-state index in [0.29, 0.717) is 43.1 Å². The van der Waals surface area contributed by atoms with Gasteiger partial charge in [-0.3, -0.25) is 15.2 Å². The number of hydrogen-bond donors (Lipinski definition) is 2. The molecule has 0 radical (unpaired) electrons. The molecule has 0 aromatic rings. The Hall–Kier alpha value is -0.310. The second kappa shape index (κ2) is 8.44. The van der Waals surface area contributed by atoms with Crippen molar-refractivity contribution in [2.75, 3.05) is 45.9 Å². The van der Waals surface area contributed by atoms with Gasteiger partial charge in [0, 0.05) is 50.6 Å². The fourth-order valence-corrected chi connectivity index (χ4v) is 6.83. The van der Waals surface area contributed by atoms with E-state index in [2.05, 4.69) is 32.5 Å². The number of nitrogens with one attached hydrogen (secondary N) is 2. The lowest BCUT2D eigenvalue weighted by Gasteiger charge is -2.52. The predicted octanol–water partition coefficient (Wildman–Crippen LogP) is 1.39. The summed E-state index contributed by atoms with van der Waals surface area (Å²) in [6, 6.07) is 0.482. The molecule has 4 aliphatic heterocycles. The van der Waals surface area contributed by atoms with Crippen molar-refractivity contribution < 1.29 is 9.13 Å². The fourth-order valence-electron chi connectivity index (χ4n) is 6.83. The monoisotopic (exact) mass is 395 g/mol. The van der Waals surface area contributed by atoms with Gasteiger partial charge in [0.2, 0.25) is 0 Å². The van der Waals surface area contributed by atoms with Gasteiger partial charge < -0.3 is 10.1 Å². The second-order valence-electron chi connectivity index (χ2n) is 9.46. The van der Waals surface area contributed by atoms with Crippen molar-refractivity contribution in [1.29, 1.82) is 0 Å². The summed E-state index contributed by atoms with van der Waals surface area (Å²) >= 11 is 0. The quantitative estimate of drug-likeness (QED) is 0.700. The highest BCUT2D eigenvalue weighted by Crippen LogP contribution is 2.40. The van der Waals surface area contributed by atoms with Gasteiger partial charge in [-0.2, -0.15) is 0 Å². The van der Waals surface area contributed by atoms with E-state index in [0.717, 1.165) is 52.3 Å². The standard InChI is InChI=1S/C21H38FN5O/c1-2-25-20-7-10-27-21(25)15(14-24-27)13-23-8-11-28-19-6-5-16(22)12-17(19)18-4-3-9-26(18)20/h15-21,23-24H,2-14H2,1H3/t15?,16?,17?,18-,19?,20?,21?/m1/s1. The number of ether oxygens (including phenoxy) is 1. The minimum Gasteiger partial charge on any atom is -0.377 e. The number of hydrazine groups is 1. The number of fused-ring (bicyclic) bond motifs is 5. The summed E-state index contributed by atoms with van der Waals surface area (Å²) in [7, 11) is 0. The molecule has 5 rings (SSSR count). The molecule has 0 aromatic carbocycles.